The van der Waals surface area contributed by atoms with E-state index in [4.69, 9.17) is 4.74 Å². The van der Waals surface area contributed by atoms with E-state index >= 15 is 0 Å². The first-order chi connectivity index (χ1) is 11.1. The van der Waals surface area contributed by atoms with Crippen LogP contribution < -0.4 is 4.74 Å². The van der Waals surface area contributed by atoms with Gasteiger partial charge in [0, 0.05) is 5.56 Å². The summed E-state index contributed by atoms with van der Waals surface area (Å²) >= 11 is 0. The average Bonchev–Trinajstić information content (AvgIpc) is 2.49. The molecule has 1 aliphatic carbocycles. The van der Waals surface area contributed by atoms with E-state index in [1.54, 1.807) is 6.08 Å². The molecule has 0 fully saturated rings. The molecule has 132 valence electrons. The summed E-state index contributed by atoms with van der Waals surface area (Å²) in [4.78, 5) is 11.0. The molecule has 0 N–H and O–H groups in total. The maximum Gasteiger partial charge on any atom is 0.143 e. The summed E-state index contributed by atoms with van der Waals surface area (Å²) in [6, 6.07) is 4.50. The van der Waals surface area contributed by atoms with Crippen LogP contribution in [0, 0.1) is 5.92 Å². The summed E-state index contributed by atoms with van der Waals surface area (Å²) in [5.41, 5.74) is 5.10. The zero-order chi connectivity index (χ0) is 18.1. The monoisotopic (exact) mass is 328 g/mol. The first-order valence-electron chi connectivity index (χ1n) is 9.03. The second-order valence-electron chi connectivity index (χ2n) is 8.85. The standard InChI is InChI=1S/C22H32O2/c1-15(2)14-24-20-13-19-18(12-17(20)16(3)8-11-23)21(4,5)9-10-22(19,6)7/h8,11-13,15H,9-10,14H2,1-7H3. The van der Waals surface area contributed by atoms with E-state index in [-0.39, 0.29) is 10.8 Å². The highest BCUT2D eigenvalue weighted by Crippen LogP contribution is 2.48. The van der Waals surface area contributed by atoms with Crippen LogP contribution in [0.2, 0.25) is 0 Å². The number of carbonyl (C=O) groups is 1. The molecule has 0 spiro atoms. The molecule has 2 nitrogen and oxygen atoms in total. The van der Waals surface area contributed by atoms with Crippen LogP contribution in [0.3, 0.4) is 0 Å². The molecule has 0 amide bonds. The van der Waals surface area contributed by atoms with Gasteiger partial charge in [0.25, 0.3) is 0 Å². The van der Waals surface area contributed by atoms with E-state index in [1.807, 2.05) is 6.92 Å². The lowest BCUT2D eigenvalue weighted by atomic mass is 9.62. The number of aldehydes is 1. The number of hydrogen-bond donors (Lipinski definition) is 0. The fourth-order valence-electron chi connectivity index (χ4n) is 3.47. The third-order valence-electron chi connectivity index (χ3n) is 5.27. The van der Waals surface area contributed by atoms with Crippen molar-refractivity contribution in [3.63, 3.8) is 0 Å². The fourth-order valence-corrected chi connectivity index (χ4v) is 3.47. The van der Waals surface area contributed by atoms with Gasteiger partial charge in [-0.25, -0.2) is 0 Å². The van der Waals surface area contributed by atoms with E-state index in [2.05, 4.69) is 53.7 Å². The van der Waals surface area contributed by atoms with Crippen LogP contribution in [0.5, 0.6) is 5.75 Å². The molecule has 0 bridgehead atoms. The number of allylic oxidation sites excluding steroid dienone is 2. The van der Waals surface area contributed by atoms with Crippen molar-refractivity contribution in [2.75, 3.05) is 6.61 Å². The molecule has 0 atom stereocenters. The Labute approximate surface area is 147 Å². The molecule has 24 heavy (non-hydrogen) atoms. The topological polar surface area (TPSA) is 26.3 Å². The van der Waals surface area contributed by atoms with Gasteiger partial charge in [-0.3, -0.25) is 4.79 Å². The smallest absolute Gasteiger partial charge is 0.143 e. The fraction of sp³-hybridized carbons (Fsp3) is 0.591. The Bertz CT molecular complexity index is 648. The van der Waals surface area contributed by atoms with Crippen LogP contribution in [0.4, 0.5) is 0 Å². The third kappa shape index (κ3) is 3.74. The normalized spacial score (nSPS) is 19.1. The third-order valence-corrected chi connectivity index (χ3v) is 5.27. The van der Waals surface area contributed by atoms with Crippen molar-refractivity contribution in [3.8, 4) is 5.75 Å². The minimum atomic E-state index is 0.150. The lowest BCUT2D eigenvalue weighted by Crippen LogP contribution is -2.34. The molecule has 0 radical (unpaired) electrons. The van der Waals surface area contributed by atoms with Crippen LogP contribution in [0.15, 0.2) is 18.2 Å². The van der Waals surface area contributed by atoms with Crippen molar-refractivity contribution in [2.45, 2.75) is 72.1 Å². The van der Waals surface area contributed by atoms with Crippen molar-refractivity contribution >= 4 is 11.9 Å². The molecule has 0 aliphatic heterocycles. The van der Waals surface area contributed by atoms with E-state index in [0.717, 1.165) is 23.2 Å². The van der Waals surface area contributed by atoms with Gasteiger partial charge in [-0.2, -0.15) is 0 Å². The van der Waals surface area contributed by atoms with E-state index in [1.165, 1.54) is 24.0 Å². The maximum absolute atomic E-state index is 11.0. The van der Waals surface area contributed by atoms with Gasteiger partial charge in [-0.1, -0.05) is 41.5 Å². The van der Waals surface area contributed by atoms with Gasteiger partial charge in [0.2, 0.25) is 0 Å². The van der Waals surface area contributed by atoms with Crippen LogP contribution in [-0.4, -0.2) is 12.9 Å². The zero-order valence-electron chi connectivity index (χ0n) is 16.3. The number of benzene rings is 1. The second-order valence-corrected chi connectivity index (χ2v) is 8.85. The van der Waals surface area contributed by atoms with Gasteiger partial charge in [-0.05, 0) is 71.4 Å². The van der Waals surface area contributed by atoms with E-state index in [0.29, 0.717) is 12.5 Å². The van der Waals surface area contributed by atoms with Crippen LogP contribution in [0.1, 0.15) is 78.0 Å². The molecular formula is C22H32O2. The summed E-state index contributed by atoms with van der Waals surface area (Å²) < 4.78 is 6.14. The van der Waals surface area contributed by atoms with Gasteiger partial charge in [0.05, 0.1) is 6.61 Å². The highest BCUT2D eigenvalue weighted by molar-refractivity contribution is 5.83. The zero-order valence-corrected chi connectivity index (χ0v) is 16.3. The maximum atomic E-state index is 11.0. The van der Waals surface area contributed by atoms with Gasteiger partial charge in [0.1, 0.15) is 12.0 Å². The van der Waals surface area contributed by atoms with Crippen molar-refractivity contribution < 1.29 is 9.53 Å². The first kappa shape index (κ1) is 18.8. The number of ether oxygens (including phenoxy) is 1. The molecule has 1 aliphatic rings. The van der Waals surface area contributed by atoms with Gasteiger partial charge < -0.3 is 4.74 Å². The molecule has 2 heteroatoms. The molecule has 1 aromatic rings. The minimum Gasteiger partial charge on any atom is -0.493 e. The summed E-state index contributed by atoms with van der Waals surface area (Å²) in [6.45, 7) is 16.3. The Kier molecular flexibility index (Phi) is 5.27. The molecule has 2 rings (SSSR count). The first-order valence-corrected chi connectivity index (χ1v) is 9.03. The second kappa shape index (κ2) is 6.74. The molecule has 0 heterocycles. The van der Waals surface area contributed by atoms with Crippen molar-refractivity contribution in [3.05, 3.63) is 34.9 Å². The van der Waals surface area contributed by atoms with Crippen LogP contribution in [-0.2, 0) is 15.6 Å². The summed E-state index contributed by atoms with van der Waals surface area (Å²) in [5.74, 6) is 1.37. The lowest BCUT2D eigenvalue weighted by Gasteiger charge is -2.42. The molecule has 0 saturated carbocycles. The van der Waals surface area contributed by atoms with Crippen LogP contribution in [0.25, 0.3) is 5.57 Å². The number of rotatable bonds is 5. The Balaban J connectivity index is 2.65. The largest absolute Gasteiger partial charge is 0.493 e. The summed E-state index contributed by atoms with van der Waals surface area (Å²) in [5, 5.41) is 0. The molecule has 1 aromatic carbocycles. The number of hydrogen-bond acceptors (Lipinski definition) is 2. The summed E-state index contributed by atoms with van der Waals surface area (Å²) in [7, 11) is 0. The van der Waals surface area contributed by atoms with E-state index in [9.17, 15) is 4.79 Å². The predicted octanol–water partition coefficient (Wildman–Crippen LogP) is 5.67. The SMILES string of the molecule is CC(=CC=O)c1cc2c(cc1OCC(C)C)C(C)(C)CCC2(C)C. The number of carbonyl (C=O) groups excluding carboxylic acids is 1. The Morgan fingerprint density at radius 1 is 1.12 bits per heavy atom. The quantitative estimate of drug-likeness (QED) is 0.514. The van der Waals surface area contributed by atoms with Crippen molar-refractivity contribution in [2.24, 2.45) is 5.92 Å². The number of fused-ring (bicyclic) bond motifs is 1. The minimum absolute atomic E-state index is 0.150. The van der Waals surface area contributed by atoms with Gasteiger partial charge >= 0.3 is 0 Å². The van der Waals surface area contributed by atoms with Crippen LogP contribution >= 0.6 is 0 Å². The van der Waals surface area contributed by atoms with Gasteiger partial charge in [0.15, 0.2) is 0 Å². The predicted molar refractivity (Wildman–Crippen MR) is 102 cm³/mol. The average molecular weight is 328 g/mol. The molecule has 0 unspecified atom stereocenters. The van der Waals surface area contributed by atoms with E-state index < -0.39 is 0 Å². The van der Waals surface area contributed by atoms with Gasteiger partial charge in [-0.15, -0.1) is 0 Å². The molecular weight excluding hydrogens is 296 g/mol. The lowest BCUT2D eigenvalue weighted by molar-refractivity contribution is -0.104. The Hall–Kier alpha value is -1.57. The molecule has 0 saturated heterocycles. The molecule has 0 aromatic heterocycles. The van der Waals surface area contributed by atoms with Crippen molar-refractivity contribution in [1.82, 2.24) is 0 Å². The van der Waals surface area contributed by atoms with Crippen molar-refractivity contribution in [1.29, 1.82) is 0 Å². The highest BCUT2D eigenvalue weighted by atomic mass is 16.5. The summed E-state index contributed by atoms with van der Waals surface area (Å²) in [6.07, 6.45) is 4.84. The Morgan fingerprint density at radius 3 is 2.17 bits per heavy atom. The Morgan fingerprint density at radius 2 is 1.67 bits per heavy atom. The highest BCUT2D eigenvalue weighted by Gasteiger charge is 2.38.